The first-order valence-corrected chi connectivity index (χ1v) is 7.79. The number of carbonyl (C=O) groups excluding carboxylic acids is 1. The van der Waals surface area contributed by atoms with Gasteiger partial charge in [0, 0.05) is 11.9 Å². The van der Waals surface area contributed by atoms with Gasteiger partial charge >= 0.3 is 6.03 Å². The highest BCUT2D eigenvalue weighted by Gasteiger charge is 2.05. The third-order valence-corrected chi connectivity index (χ3v) is 3.28. The Morgan fingerprint density at radius 1 is 1.38 bits per heavy atom. The molecule has 2 N–H and O–H groups in total. The van der Waals surface area contributed by atoms with Gasteiger partial charge in [0.15, 0.2) is 5.13 Å². The van der Waals surface area contributed by atoms with Crippen LogP contribution in [0.4, 0.5) is 14.3 Å². The van der Waals surface area contributed by atoms with Crippen molar-refractivity contribution >= 4 is 22.5 Å². The Kier molecular flexibility index (Phi) is 7.39. The van der Waals surface area contributed by atoms with E-state index >= 15 is 0 Å². The van der Waals surface area contributed by atoms with Crippen LogP contribution in [0.5, 0.6) is 0 Å². The third kappa shape index (κ3) is 5.91. The standard InChI is InChI=1S/C13H14FN3OS.C2H6/c1-2-11-8-19-13(16-11)17-12(18)15-7-9-4-3-5-10(14)6-9;1-2/h3-6,8H,2,7H2,1H3,(H2,15,16,17,18);1-2H3. The first-order valence-electron chi connectivity index (χ1n) is 6.91. The topological polar surface area (TPSA) is 54.0 Å². The molecule has 0 saturated heterocycles. The van der Waals surface area contributed by atoms with Crippen LogP contribution in [0.3, 0.4) is 0 Å². The molecule has 0 aliphatic heterocycles. The van der Waals surface area contributed by atoms with Gasteiger partial charge in [0.25, 0.3) is 0 Å². The van der Waals surface area contributed by atoms with Gasteiger partial charge in [0.05, 0.1) is 5.69 Å². The maximum Gasteiger partial charge on any atom is 0.321 e. The van der Waals surface area contributed by atoms with E-state index in [0.29, 0.717) is 10.7 Å². The van der Waals surface area contributed by atoms with Crippen molar-refractivity contribution in [1.29, 1.82) is 0 Å². The molecule has 0 fully saturated rings. The van der Waals surface area contributed by atoms with Crippen LogP contribution in [-0.4, -0.2) is 11.0 Å². The van der Waals surface area contributed by atoms with Crippen molar-refractivity contribution in [3.63, 3.8) is 0 Å². The summed E-state index contributed by atoms with van der Waals surface area (Å²) >= 11 is 1.38. The van der Waals surface area contributed by atoms with Gasteiger partial charge in [-0.05, 0) is 24.1 Å². The van der Waals surface area contributed by atoms with Crippen molar-refractivity contribution < 1.29 is 9.18 Å². The average Bonchev–Trinajstić information content (AvgIpc) is 2.95. The Morgan fingerprint density at radius 3 is 2.76 bits per heavy atom. The van der Waals surface area contributed by atoms with Gasteiger partial charge in [0.2, 0.25) is 0 Å². The molecule has 6 heteroatoms. The van der Waals surface area contributed by atoms with Gasteiger partial charge < -0.3 is 5.32 Å². The molecule has 0 radical (unpaired) electrons. The number of halogens is 1. The number of carbonyl (C=O) groups is 1. The number of hydrogen-bond acceptors (Lipinski definition) is 3. The molecule has 2 amide bonds. The van der Waals surface area contributed by atoms with Crippen molar-refractivity contribution in [2.24, 2.45) is 0 Å². The summed E-state index contributed by atoms with van der Waals surface area (Å²) in [6.07, 6.45) is 0.836. The number of benzene rings is 1. The lowest BCUT2D eigenvalue weighted by atomic mass is 10.2. The lowest BCUT2D eigenvalue weighted by Gasteiger charge is -2.05. The van der Waals surface area contributed by atoms with E-state index in [1.807, 2.05) is 26.2 Å². The summed E-state index contributed by atoms with van der Waals surface area (Å²) in [5, 5.41) is 7.77. The summed E-state index contributed by atoms with van der Waals surface area (Å²) in [7, 11) is 0. The number of nitrogens with zero attached hydrogens (tertiary/aromatic N) is 1. The summed E-state index contributed by atoms with van der Waals surface area (Å²) in [5.41, 5.74) is 1.66. The Bertz CT molecular complexity index is 572. The molecule has 1 aromatic heterocycles. The van der Waals surface area contributed by atoms with Crippen LogP contribution in [0, 0.1) is 5.82 Å². The molecular formula is C15H20FN3OS. The van der Waals surface area contributed by atoms with E-state index in [1.165, 1.54) is 23.5 Å². The number of rotatable bonds is 4. The summed E-state index contributed by atoms with van der Waals surface area (Å²) in [5.74, 6) is -0.313. The van der Waals surface area contributed by atoms with E-state index in [2.05, 4.69) is 15.6 Å². The highest BCUT2D eigenvalue weighted by Crippen LogP contribution is 2.15. The highest BCUT2D eigenvalue weighted by atomic mass is 32.1. The van der Waals surface area contributed by atoms with E-state index < -0.39 is 0 Å². The summed E-state index contributed by atoms with van der Waals surface area (Å²) in [4.78, 5) is 15.8. The zero-order chi connectivity index (χ0) is 15.7. The monoisotopic (exact) mass is 309 g/mol. The highest BCUT2D eigenvalue weighted by molar-refractivity contribution is 7.13. The fourth-order valence-electron chi connectivity index (χ4n) is 1.50. The maximum absolute atomic E-state index is 12.9. The Hall–Kier alpha value is -1.95. The third-order valence-electron chi connectivity index (χ3n) is 2.48. The van der Waals surface area contributed by atoms with Crippen LogP contribution in [0.1, 0.15) is 32.0 Å². The molecule has 0 atom stereocenters. The fourth-order valence-corrected chi connectivity index (χ4v) is 2.29. The number of aromatic nitrogens is 1. The minimum absolute atomic E-state index is 0.273. The summed E-state index contributed by atoms with van der Waals surface area (Å²) in [6, 6.07) is 5.77. The first kappa shape index (κ1) is 17.1. The number of nitrogens with one attached hydrogen (secondary N) is 2. The van der Waals surface area contributed by atoms with Crippen LogP contribution in [0.15, 0.2) is 29.6 Å². The molecule has 21 heavy (non-hydrogen) atoms. The first-order chi connectivity index (χ1) is 10.2. The number of urea groups is 1. The quantitative estimate of drug-likeness (QED) is 0.889. The minimum atomic E-state index is -0.346. The van der Waals surface area contributed by atoms with Gasteiger partial charge in [-0.25, -0.2) is 14.2 Å². The predicted molar refractivity (Wildman–Crippen MR) is 85.1 cm³/mol. The molecule has 0 aliphatic rings. The largest absolute Gasteiger partial charge is 0.334 e. The Balaban J connectivity index is 0.00000106. The number of thiazole rings is 1. The molecule has 1 heterocycles. The number of aryl methyl sites for hydroxylation is 1. The normalized spacial score (nSPS) is 9.52. The lowest BCUT2D eigenvalue weighted by Crippen LogP contribution is -2.28. The smallest absolute Gasteiger partial charge is 0.321 e. The lowest BCUT2D eigenvalue weighted by molar-refractivity contribution is 0.251. The van der Waals surface area contributed by atoms with E-state index in [0.717, 1.165) is 12.1 Å². The van der Waals surface area contributed by atoms with Crippen molar-refractivity contribution in [3.8, 4) is 0 Å². The molecule has 0 spiro atoms. The van der Waals surface area contributed by atoms with E-state index in [4.69, 9.17) is 0 Å². The van der Waals surface area contributed by atoms with Gasteiger partial charge in [-0.1, -0.05) is 32.9 Å². The molecule has 0 aliphatic carbocycles. The summed E-state index contributed by atoms with van der Waals surface area (Å²) in [6.45, 7) is 6.28. The molecule has 114 valence electrons. The number of amides is 2. The van der Waals surface area contributed by atoms with Crippen molar-refractivity contribution in [2.45, 2.75) is 33.7 Å². The zero-order valence-corrected chi connectivity index (χ0v) is 13.3. The predicted octanol–water partition coefficient (Wildman–Crippen LogP) is 4.19. The molecule has 4 nitrogen and oxygen atoms in total. The minimum Gasteiger partial charge on any atom is -0.334 e. The van der Waals surface area contributed by atoms with Crippen molar-refractivity contribution in [2.75, 3.05) is 5.32 Å². The molecule has 2 rings (SSSR count). The molecule has 0 saturated carbocycles. The van der Waals surface area contributed by atoms with E-state index in [1.54, 1.807) is 12.1 Å². The second-order valence-electron chi connectivity index (χ2n) is 3.94. The molecule has 0 unspecified atom stereocenters. The number of anilines is 1. The Labute approximate surface area is 128 Å². The molecular weight excluding hydrogens is 289 g/mol. The molecule has 2 aromatic rings. The van der Waals surface area contributed by atoms with Gasteiger partial charge in [-0.2, -0.15) is 0 Å². The van der Waals surface area contributed by atoms with Gasteiger partial charge in [-0.15, -0.1) is 11.3 Å². The van der Waals surface area contributed by atoms with Crippen molar-refractivity contribution in [3.05, 3.63) is 46.7 Å². The van der Waals surface area contributed by atoms with E-state index in [9.17, 15) is 9.18 Å². The van der Waals surface area contributed by atoms with Gasteiger partial charge in [-0.3, -0.25) is 5.32 Å². The molecule has 1 aromatic carbocycles. The molecule has 0 bridgehead atoms. The van der Waals surface area contributed by atoms with Crippen LogP contribution >= 0.6 is 11.3 Å². The average molecular weight is 309 g/mol. The van der Waals surface area contributed by atoms with Crippen LogP contribution in [-0.2, 0) is 13.0 Å². The fraction of sp³-hybridized carbons (Fsp3) is 0.333. The second kappa shape index (κ2) is 9.07. The van der Waals surface area contributed by atoms with Crippen LogP contribution < -0.4 is 10.6 Å². The SMILES string of the molecule is CC.CCc1csc(NC(=O)NCc2cccc(F)c2)n1. The summed E-state index contributed by atoms with van der Waals surface area (Å²) < 4.78 is 12.9. The van der Waals surface area contributed by atoms with Crippen molar-refractivity contribution in [1.82, 2.24) is 10.3 Å². The zero-order valence-electron chi connectivity index (χ0n) is 12.4. The van der Waals surface area contributed by atoms with Gasteiger partial charge in [0.1, 0.15) is 5.82 Å². The second-order valence-corrected chi connectivity index (χ2v) is 4.79. The maximum atomic E-state index is 12.9. The van der Waals surface area contributed by atoms with E-state index in [-0.39, 0.29) is 18.4 Å². The Morgan fingerprint density at radius 2 is 2.14 bits per heavy atom. The number of hydrogen-bond donors (Lipinski definition) is 2. The van der Waals surface area contributed by atoms with Crippen LogP contribution in [0.25, 0.3) is 0 Å². The van der Waals surface area contributed by atoms with Crippen LogP contribution in [0.2, 0.25) is 0 Å².